The van der Waals surface area contributed by atoms with E-state index in [0.29, 0.717) is 24.6 Å². The Balaban J connectivity index is 1.57. The lowest BCUT2D eigenvalue weighted by molar-refractivity contribution is -0.125. The van der Waals surface area contributed by atoms with Crippen LogP contribution in [-0.4, -0.2) is 41.9 Å². The summed E-state index contributed by atoms with van der Waals surface area (Å²) in [5.74, 6) is 0.422. The lowest BCUT2D eigenvalue weighted by atomic mass is 9.84. The van der Waals surface area contributed by atoms with Gasteiger partial charge in [-0.1, -0.05) is 43.2 Å². The normalized spacial score (nSPS) is 23.8. The molecule has 4 rings (SSSR count). The van der Waals surface area contributed by atoms with Crippen LogP contribution in [0.2, 0.25) is 0 Å². The number of benzene rings is 2. The van der Waals surface area contributed by atoms with Crippen LogP contribution >= 0.6 is 0 Å². The fourth-order valence-corrected chi connectivity index (χ4v) is 5.06. The monoisotopic (exact) mass is 393 g/mol. The highest BCUT2D eigenvalue weighted by Gasteiger charge is 2.47. The summed E-state index contributed by atoms with van der Waals surface area (Å²) in [5, 5.41) is 5.22. The number of fused-ring (bicyclic) bond motifs is 2. The maximum Gasteiger partial charge on any atom is 0.254 e. The summed E-state index contributed by atoms with van der Waals surface area (Å²) in [6.45, 7) is 1.26. The van der Waals surface area contributed by atoms with E-state index in [0.717, 1.165) is 49.3 Å². The van der Waals surface area contributed by atoms with Crippen molar-refractivity contribution < 1.29 is 9.59 Å². The molecule has 1 heterocycles. The van der Waals surface area contributed by atoms with Crippen LogP contribution in [0.15, 0.2) is 42.5 Å². The topological polar surface area (TPSA) is 75.4 Å². The molecule has 154 valence electrons. The second-order valence-electron chi connectivity index (χ2n) is 8.42. The number of hydrogen-bond acceptors (Lipinski definition) is 3. The van der Waals surface area contributed by atoms with Crippen molar-refractivity contribution in [3.63, 3.8) is 0 Å². The molecule has 2 fully saturated rings. The Bertz CT molecular complexity index is 881. The molecule has 0 radical (unpaired) electrons. The molecule has 0 aromatic heterocycles. The minimum absolute atomic E-state index is 0.00717. The average Bonchev–Trinajstić information content (AvgIpc) is 3.15. The van der Waals surface area contributed by atoms with Crippen LogP contribution in [-0.2, 0) is 4.79 Å². The molecule has 2 aromatic carbocycles. The van der Waals surface area contributed by atoms with Crippen LogP contribution in [0.4, 0.5) is 0 Å². The van der Waals surface area contributed by atoms with E-state index < -0.39 is 0 Å². The summed E-state index contributed by atoms with van der Waals surface area (Å²) < 4.78 is 0. The van der Waals surface area contributed by atoms with Crippen LogP contribution in [0.25, 0.3) is 10.8 Å². The fourth-order valence-electron chi connectivity index (χ4n) is 5.06. The first-order valence-corrected chi connectivity index (χ1v) is 11.0. The van der Waals surface area contributed by atoms with Crippen LogP contribution in [0.5, 0.6) is 0 Å². The van der Waals surface area contributed by atoms with E-state index >= 15 is 0 Å². The summed E-state index contributed by atoms with van der Waals surface area (Å²) >= 11 is 0. The third-order valence-electron chi connectivity index (χ3n) is 6.55. The van der Waals surface area contributed by atoms with Crippen molar-refractivity contribution in [1.29, 1.82) is 0 Å². The van der Waals surface area contributed by atoms with E-state index in [2.05, 4.69) is 5.32 Å². The highest BCUT2D eigenvalue weighted by Crippen LogP contribution is 2.40. The number of nitrogens with one attached hydrogen (secondary N) is 1. The Labute approximate surface area is 172 Å². The number of nitrogens with zero attached hydrogens (tertiary/aromatic N) is 1. The van der Waals surface area contributed by atoms with Crippen LogP contribution in [0.3, 0.4) is 0 Å². The van der Waals surface area contributed by atoms with Crippen molar-refractivity contribution in [3.05, 3.63) is 48.0 Å². The second kappa shape index (κ2) is 8.95. The van der Waals surface area contributed by atoms with Crippen molar-refractivity contribution in [2.45, 2.75) is 57.0 Å². The fraction of sp³-hybridized carbons (Fsp3) is 0.500. The molecule has 5 heteroatoms. The van der Waals surface area contributed by atoms with Crippen molar-refractivity contribution in [2.24, 2.45) is 11.7 Å². The second-order valence-corrected chi connectivity index (χ2v) is 8.42. The van der Waals surface area contributed by atoms with E-state index in [4.69, 9.17) is 5.73 Å². The number of amides is 2. The van der Waals surface area contributed by atoms with E-state index in [1.54, 1.807) is 0 Å². The third-order valence-corrected chi connectivity index (χ3v) is 6.55. The largest absolute Gasteiger partial charge is 0.354 e. The molecule has 1 saturated heterocycles. The number of unbranched alkanes of at least 4 members (excludes halogenated alkanes) is 1. The van der Waals surface area contributed by atoms with E-state index in [9.17, 15) is 9.59 Å². The van der Waals surface area contributed by atoms with Gasteiger partial charge in [0.25, 0.3) is 5.91 Å². The Morgan fingerprint density at radius 1 is 1.03 bits per heavy atom. The van der Waals surface area contributed by atoms with Crippen LogP contribution in [0.1, 0.15) is 55.3 Å². The average molecular weight is 394 g/mol. The zero-order valence-corrected chi connectivity index (χ0v) is 17.0. The molecule has 3 N–H and O–H groups in total. The quantitative estimate of drug-likeness (QED) is 0.738. The molecule has 2 aromatic rings. The Morgan fingerprint density at radius 2 is 1.83 bits per heavy atom. The van der Waals surface area contributed by atoms with E-state index in [-0.39, 0.29) is 23.9 Å². The first-order chi connectivity index (χ1) is 14.2. The summed E-state index contributed by atoms with van der Waals surface area (Å²) in [4.78, 5) is 28.4. The first kappa shape index (κ1) is 19.9. The Kier molecular flexibility index (Phi) is 6.14. The van der Waals surface area contributed by atoms with Crippen molar-refractivity contribution in [3.8, 4) is 0 Å². The standard InChI is InChI=1S/C24H31N3O2/c25-13-5-6-14-26-23(28)22-16-19-9-3-4-10-21(19)27(22)24(29)20-12-11-17-7-1-2-8-18(17)15-20/h1-2,7-8,11-12,15,19,21-22H,3-6,9-10,13-14,16,25H2,(H,26,28). The highest BCUT2D eigenvalue weighted by molar-refractivity contribution is 6.01. The van der Waals surface area contributed by atoms with Gasteiger partial charge in [-0.3, -0.25) is 9.59 Å². The van der Waals surface area contributed by atoms with Crippen LogP contribution < -0.4 is 11.1 Å². The van der Waals surface area contributed by atoms with Gasteiger partial charge in [-0.2, -0.15) is 0 Å². The molecule has 2 amide bonds. The smallest absolute Gasteiger partial charge is 0.254 e. The molecule has 1 saturated carbocycles. The van der Waals surface area contributed by atoms with Gasteiger partial charge >= 0.3 is 0 Å². The third kappa shape index (κ3) is 4.15. The van der Waals surface area contributed by atoms with Crippen molar-refractivity contribution in [2.75, 3.05) is 13.1 Å². The Morgan fingerprint density at radius 3 is 2.66 bits per heavy atom. The highest BCUT2D eigenvalue weighted by atomic mass is 16.2. The number of carbonyl (C=O) groups is 2. The maximum atomic E-state index is 13.6. The minimum Gasteiger partial charge on any atom is -0.354 e. The number of likely N-dealkylation sites (tertiary alicyclic amines) is 1. The molecule has 3 atom stereocenters. The lowest BCUT2D eigenvalue weighted by Crippen LogP contribution is -2.49. The molecule has 0 bridgehead atoms. The van der Waals surface area contributed by atoms with E-state index in [1.807, 2.05) is 47.4 Å². The summed E-state index contributed by atoms with van der Waals surface area (Å²) in [5.41, 5.74) is 6.22. The lowest BCUT2D eigenvalue weighted by Gasteiger charge is -2.33. The zero-order valence-electron chi connectivity index (χ0n) is 17.0. The summed E-state index contributed by atoms with van der Waals surface area (Å²) in [6.07, 6.45) is 7.00. The molecule has 29 heavy (non-hydrogen) atoms. The van der Waals surface area contributed by atoms with Gasteiger partial charge in [-0.05, 0) is 67.5 Å². The van der Waals surface area contributed by atoms with Gasteiger partial charge in [0.2, 0.25) is 5.91 Å². The molecular weight excluding hydrogens is 362 g/mol. The molecule has 2 aliphatic rings. The predicted octanol–water partition coefficient (Wildman–Crippen LogP) is 3.47. The van der Waals surface area contributed by atoms with Gasteiger partial charge in [-0.15, -0.1) is 0 Å². The summed E-state index contributed by atoms with van der Waals surface area (Å²) in [7, 11) is 0. The zero-order chi connectivity index (χ0) is 20.2. The Hall–Kier alpha value is -2.40. The molecule has 5 nitrogen and oxygen atoms in total. The molecule has 0 spiro atoms. The van der Waals surface area contributed by atoms with E-state index in [1.165, 1.54) is 6.42 Å². The number of nitrogens with two attached hydrogens (primary N) is 1. The molecule has 1 aliphatic heterocycles. The first-order valence-electron chi connectivity index (χ1n) is 11.0. The van der Waals surface area contributed by atoms with Gasteiger partial charge in [0, 0.05) is 18.2 Å². The van der Waals surface area contributed by atoms with Gasteiger partial charge in [0.05, 0.1) is 0 Å². The molecular formula is C24H31N3O2. The van der Waals surface area contributed by atoms with Crippen molar-refractivity contribution in [1.82, 2.24) is 10.2 Å². The summed E-state index contributed by atoms with van der Waals surface area (Å²) in [6, 6.07) is 13.8. The van der Waals surface area contributed by atoms with Gasteiger partial charge in [-0.25, -0.2) is 0 Å². The SMILES string of the molecule is NCCCCNC(=O)C1CC2CCCCC2N1C(=O)c1ccc2ccccc2c1. The number of hydrogen-bond donors (Lipinski definition) is 2. The maximum absolute atomic E-state index is 13.6. The van der Waals surface area contributed by atoms with Gasteiger partial charge < -0.3 is 16.0 Å². The van der Waals surface area contributed by atoms with Crippen LogP contribution in [0, 0.1) is 5.92 Å². The number of rotatable bonds is 6. The van der Waals surface area contributed by atoms with Gasteiger partial charge in [0.1, 0.15) is 6.04 Å². The van der Waals surface area contributed by atoms with Crippen molar-refractivity contribution >= 4 is 22.6 Å². The van der Waals surface area contributed by atoms with Gasteiger partial charge in [0.15, 0.2) is 0 Å². The molecule has 3 unspecified atom stereocenters. The molecule has 1 aliphatic carbocycles. The number of carbonyl (C=O) groups excluding carboxylic acids is 2. The predicted molar refractivity (Wildman–Crippen MR) is 116 cm³/mol. The minimum atomic E-state index is -0.361.